The van der Waals surface area contributed by atoms with Gasteiger partial charge in [0, 0.05) is 18.5 Å². The number of nitrogens with zero attached hydrogens (tertiary/aromatic N) is 3. The maximum atomic E-state index is 12.9. The number of methoxy groups -OCH3 is 1. The minimum Gasteiger partial charge on any atom is -0.497 e. The average molecular weight is 394 g/mol. The number of carbonyl (C=O) groups is 1. The highest BCUT2D eigenvalue weighted by Gasteiger charge is 2.19. The highest BCUT2D eigenvalue weighted by molar-refractivity contribution is 5.92. The number of aromatic nitrogens is 2. The molecule has 1 aromatic heterocycles. The van der Waals surface area contributed by atoms with Crippen LogP contribution in [0.4, 0.5) is 5.82 Å². The van der Waals surface area contributed by atoms with Crippen molar-refractivity contribution in [1.82, 2.24) is 9.89 Å². The number of amides is 1. The smallest absolute Gasteiger partial charge is 0.294 e. The van der Waals surface area contributed by atoms with Gasteiger partial charge >= 0.3 is 0 Å². The van der Waals surface area contributed by atoms with E-state index in [9.17, 15) is 9.59 Å². The van der Waals surface area contributed by atoms with Crippen LogP contribution in [0.5, 0.6) is 5.75 Å². The Morgan fingerprint density at radius 2 is 1.90 bits per heavy atom. The molecule has 0 atom stereocenters. The SMILES string of the molecule is COc1cccc(CC(=O)Nn2nc(N3CCOCC3)c3ccccc3c2=O)c1. The van der Waals surface area contributed by atoms with E-state index in [0.29, 0.717) is 43.3 Å². The van der Waals surface area contributed by atoms with Crippen molar-refractivity contribution in [2.75, 3.05) is 43.7 Å². The number of anilines is 1. The van der Waals surface area contributed by atoms with Crippen molar-refractivity contribution >= 4 is 22.5 Å². The summed E-state index contributed by atoms with van der Waals surface area (Å²) >= 11 is 0. The van der Waals surface area contributed by atoms with Crippen molar-refractivity contribution in [3.8, 4) is 5.75 Å². The van der Waals surface area contributed by atoms with E-state index in [1.807, 2.05) is 30.3 Å². The van der Waals surface area contributed by atoms with Crippen LogP contribution < -0.4 is 20.6 Å². The van der Waals surface area contributed by atoms with E-state index >= 15 is 0 Å². The van der Waals surface area contributed by atoms with Crippen LogP contribution in [0, 0.1) is 0 Å². The fourth-order valence-corrected chi connectivity index (χ4v) is 3.38. The third-order valence-electron chi connectivity index (χ3n) is 4.83. The fraction of sp³-hybridized carbons (Fsp3) is 0.286. The summed E-state index contributed by atoms with van der Waals surface area (Å²) in [5.41, 5.74) is 3.04. The Bertz CT molecular complexity index is 1090. The van der Waals surface area contributed by atoms with Crippen LogP contribution >= 0.6 is 0 Å². The van der Waals surface area contributed by atoms with E-state index in [1.54, 1.807) is 25.3 Å². The molecule has 0 aliphatic carbocycles. The van der Waals surface area contributed by atoms with E-state index in [2.05, 4.69) is 15.4 Å². The Morgan fingerprint density at radius 3 is 2.66 bits per heavy atom. The maximum Gasteiger partial charge on any atom is 0.294 e. The average Bonchev–Trinajstić information content (AvgIpc) is 2.76. The number of morpholine rings is 1. The molecule has 2 aromatic carbocycles. The molecule has 0 radical (unpaired) electrons. The van der Waals surface area contributed by atoms with Crippen LogP contribution in [0.15, 0.2) is 53.3 Å². The Labute approximate surface area is 167 Å². The van der Waals surface area contributed by atoms with Gasteiger partial charge in [0.2, 0.25) is 5.91 Å². The van der Waals surface area contributed by atoms with Crippen molar-refractivity contribution in [2.45, 2.75) is 6.42 Å². The molecule has 1 N–H and O–H groups in total. The molecule has 150 valence electrons. The van der Waals surface area contributed by atoms with Crippen molar-refractivity contribution in [3.05, 3.63) is 64.4 Å². The molecule has 1 saturated heterocycles. The summed E-state index contributed by atoms with van der Waals surface area (Å²) in [5.74, 6) is 0.993. The summed E-state index contributed by atoms with van der Waals surface area (Å²) in [6.07, 6.45) is 0.102. The van der Waals surface area contributed by atoms with E-state index in [4.69, 9.17) is 9.47 Å². The van der Waals surface area contributed by atoms with Crippen LogP contribution in [-0.2, 0) is 16.0 Å². The van der Waals surface area contributed by atoms with E-state index < -0.39 is 0 Å². The number of fused-ring (bicyclic) bond motifs is 1. The second kappa shape index (κ2) is 8.32. The molecule has 1 amide bonds. The minimum absolute atomic E-state index is 0.102. The van der Waals surface area contributed by atoms with Gasteiger partial charge in [0.1, 0.15) is 5.75 Å². The van der Waals surface area contributed by atoms with Crippen LogP contribution in [0.25, 0.3) is 10.8 Å². The predicted molar refractivity (Wildman–Crippen MR) is 110 cm³/mol. The van der Waals surface area contributed by atoms with E-state index in [0.717, 1.165) is 15.7 Å². The molecule has 29 heavy (non-hydrogen) atoms. The lowest BCUT2D eigenvalue weighted by atomic mass is 10.1. The second-order valence-electron chi connectivity index (χ2n) is 6.75. The van der Waals surface area contributed by atoms with Gasteiger partial charge in [-0.05, 0) is 23.8 Å². The van der Waals surface area contributed by atoms with Gasteiger partial charge in [-0.3, -0.25) is 9.59 Å². The van der Waals surface area contributed by atoms with Gasteiger partial charge in [-0.25, -0.2) is 5.43 Å². The van der Waals surface area contributed by atoms with Crippen molar-refractivity contribution in [3.63, 3.8) is 0 Å². The van der Waals surface area contributed by atoms with Crippen molar-refractivity contribution < 1.29 is 14.3 Å². The Balaban J connectivity index is 1.65. The Kier molecular flexibility index (Phi) is 5.44. The molecule has 1 fully saturated rings. The lowest BCUT2D eigenvalue weighted by Gasteiger charge is -2.29. The van der Waals surface area contributed by atoms with Crippen molar-refractivity contribution in [2.24, 2.45) is 0 Å². The number of ether oxygens (including phenoxy) is 2. The summed E-state index contributed by atoms with van der Waals surface area (Å²) in [7, 11) is 1.57. The normalized spacial score (nSPS) is 14.0. The number of rotatable bonds is 5. The van der Waals surface area contributed by atoms with Crippen molar-refractivity contribution in [1.29, 1.82) is 0 Å². The van der Waals surface area contributed by atoms with Gasteiger partial charge in [0.15, 0.2) is 5.82 Å². The molecule has 0 saturated carbocycles. The second-order valence-corrected chi connectivity index (χ2v) is 6.75. The molecule has 8 heteroatoms. The highest BCUT2D eigenvalue weighted by Crippen LogP contribution is 2.22. The number of hydrogen-bond donors (Lipinski definition) is 1. The molecule has 0 unspecified atom stereocenters. The largest absolute Gasteiger partial charge is 0.497 e. The number of nitrogens with one attached hydrogen (secondary N) is 1. The first kappa shape index (κ1) is 18.9. The number of carbonyl (C=O) groups excluding carboxylic acids is 1. The third kappa shape index (κ3) is 4.07. The lowest BCUT2D eigenvalue weighted by molar-refractivity contribution is -0.116. The molecule has 2 heterocycles. The first-order valence-corrected chi connectivity index (χ1v) is 9.43. The first-order valence-electron chi connectivity index (χ1n) is 9.43. The molecule has 0 bridgehead atoms. The Morgan fingerprint density at radius 1 is 1.14 bits per heavy atom. The summed E-state index contributed by atoms with van der Waals surface area (Å²) in [6, 6.07) is 14.5. The van der Waals surface area contributed by atoms with Gasteiger partial charge in [-0.2, -0.15) is 0 Å². The fourth-order valence-electron chi connectivity index (χ4n) is 3.38. The van der Waals surface area contributed by atoms with Crippen LogP contribution in [0.2, 0.25) is 0 Å². The van der Waals surface area contributed by atoms with Gasteiger partial charge in [-0.1, -0.05) is 30.3 Å². The van der Waals surface area contributed by atoms with Crippen LogP contribution in [0.1, 0.15) is 5.56 Å². The molecule has 4 rings (SSSR count). The molecular formula is C21H22N4O4. The first-order chi connectivity index (χ1) is 14.2. The zero-order valence-electron chi connectivity index (χ0n) is 16.1. The zero-order valence-corrected chi connectivity index (χ0v) is 16.1. The maximum absolute atomic E-state index is 12.9. The molecule has 0 spiro atoms. The standard InChI is InChI=1S/C21H22N4O4/c1-28-16-6-4-5-15(13-16)14-19(26)22-25-21(27)18-8-3-2-7-17(18)20(23-25)24-9-11-29-12-10-24/h2-8,13H,9-12,14H2,1H3,(H,22,26). The third-order valence-corrected chi connectivity index (χ3v) is 4.83. The lowest BCUT2D eigenvalue weighted by Crippen LogP contribution is -2.41. The number of hydrogen-bond acceptors (Lipinski definition) is 6. The van der Waals surface area contributed by atoms with E-state index in [1.165, 1.54) is 0 Å². The highest BCUT2D eigenvalue weighted by atomic mass is 16.5. The molecule has 1 aliphatic rings. The summed E-state index contributed by atoms with van der Waals surface area (Å²) < 4.78 is 10.6. The molecule has 8 nitrogen and oxygen atoms in total. The zero-order chi connectivity index (χ0) is 20.2. The summed E-state index contributed by atoms with van der Waals surface area (Å²) in [6.45, 7) is 2.54. The monoisotopic (exact) mass is 394 g/mol. The van der Waals surface area contributed by atoms with Gasteiger partial charge in [0.05, 0.1) is 32.1 Å². The number of benzene rings is 2. The summed E-state index contributed by atoms with van der Waals surface area (Å²) in [5, 5.41) is 5.72. The van der Waals surface area contributed by atoms with Gasteiger partial charge < -0.3 is 14.4 Å². The van der Waals surface area contributed by atoms with Gasteiger partial charge in [0.25, 0.3) is 5.56 Å². The molecule has 1 aliphatic heterocycles. The summed E-state index contributed by atoms with van der Waals surface area (Å²) in [4.78, 5) is 28.5. The van der Waals surface area contributed by atoms with Gasteiger partial charge in [-0.15, -0.1) is 9.89 Å². The van der Waals surface area contributed by atoms with Crippen LogP contribution in [0.3, 0.4) is 0 Å². The molecular weight excluding hydrogens is 372 g/mol. The quantitative estimate of drug-likeness (QED) is 0.707. The minimum atomic E-state index is -0.364. The topological polar surface area (TPSA) is 85.7 Å². The van der Waals surface area contributed by atoms with Crippen LogP contribution in [-0.4, -0.2) is 49.2 Å². The Hall–Kier alpha value is -3.39. The van der Waals surface area contributed by atoms with E-state index in [-0.39, 0.29) is 17.9 Å². The molecule has 3 aromatic rings. The predicted octanol–water partition coefficient (Wildman–Crippen LogP) is 1.55.